The van der Waals surface area contributed by atoms with Gasteiger partial charge in [-0.3, -0.25) is 4.90 Å². The number of hydrogen-bond acceptors (Lipinski definition) is 5. The maximum Gasteiger partial charge on any atom is 0.135 e. The number of likely N-dealkylation sites (N-methyl/N-ethyl adjacent to an activating group) is 1. The summed E-state index contributed by atoms with van der Waals surface area (Å²) < 4.78 is 5.70. The highest BCUT2D eigenvalue weighted by atomic mass is 28.1. The summed E-state index contributed by atoms with van der Waals surface area (Å²) in [6.07, 6.45) is -0.619. The van der Waals surface area contributed by atoms with Crippen molar-refractivity contribution in [3.8, 4) is 0 Å². The van der Waals surface area contributed by atoms with Crippen molar-refractivity contribution in [3.63, 3.8) is 0 Å². The minimum Gasteiger partial charge on any atom is -0.387 e. The van der Waals surface area contributed by atoms with Gasteiger partial charge in [0, 0.05) is 43.0 Å². The third-order valence-electron chi connectivity index (χ3n) is 5.97. The van der Waals surface area contributed by atoms with Gasteiger partial charge in [-0.1, -0.05) is 27.7 Å². The predicted octanol–water partition coefficient (Wildman–Crippen LogP) is 0.156. The molecule has 0 spiro atoms. The molecule has 138 valence electrons. The van der Waals surface area contributed by atoms with Crippen LogP contribution >= 0.6 is 0 Å². The fraction of sp³-hybridized carbons (Fsp3) is 1.00. The maximum atomic E-state index is 10.2. The van der Waals surface area contributed by atoms with Crippen LogP contribution in [0.5, 0.6) is 0 Å². The number of aliphatic hydroxyl groups excluding tert-OH is 2. The Morgan fingerprint density at radius 2 is 1.57 bits per heavy atom. The van der Waals surface area contributed by atoms with Gasteiger partial charge in [0.25, 0.3) is 0 Å². The molecule has 0 aromatic heterocycles. The highest BCUT2D eigenvalue weighted by Crippen LogP contribution is 2.43. The smallest absolute Gasteiger partial charge is 0.135 e. The molecule has 0 aliphatic carbocycles. The molecular formula is C17H38N2O3Si. The number of ether oxygens (including phenoxy) is 1. The molecule has 1 rings (SSSR count). The van der Waals surface area contributed by atoms with Crippen LogP contribution in [0.15, 0.2) is 0 Å². The van der Waals surface area contributed by atoms with E-state index in [1.165, 1.54) is 0 Å². The third kappa shape index (κ3) is 6.10. The normalized spacial score (nSPS) is 21.3. The second kappa shape index (κ2) is 9.49. The van der Waals surface area contributed by atoms with Gasteiger partial charge in [0.2, 0.25) is 0 Å². The van der Waals surface area contributed by atoms with Crippen LogP contribution in [0.1, 0.15) is 34.1 Å². The predicted molar refractivity (Wildman–Crippen MR) is 98.8 cm³/mol. The highest BCUT2D eigenvalue weighted by molar-refractivity contribution is 6.15. The molecule has 1 fully saturated rings. The average Bonchev–Trinajstić information content (AvgIpc) is 2.50. The van der Waals surface area contributed by atoms with Gasteiger partial charge in [0.15, 0.2) is 0 Å². The molecule has 0 aromatic rings. The molecule has 1 aliphatic rings. The van der Waals surface area contributed by atoms with E-state index < -0.39 is 12.3 Å². The van der Waals surface area contributed by atoms with Crippen LogP contribution in [0.2, 0.25) is 5.04 Å². The molecule has 1 aliphatic heterocycles. The monoisotopic (exact) mass is 346 g/mol. The largest absolute Gasteiger partial charge is 0.387 e. The zero-order chi connectivity index (χ0) is 17.6. The summed E-state index contributed by atoms with van der Waals surface area (Å²) in [5.41, 5.74) is 0. The number of rotatable bonds is 9. The third-order valence-corrected chi connectivity index (χ3v) is 8.78. The van der Waals surface area contributed by atoms with Crippen LogP contribution in [0.25, 0.3) is 0 Å². The molecule has 0 aromatic carbocycles. The first kappa shape index (κ1) is 21.1. The zero-order valence-electron chi connectivity index (χ0n) is 16.0. The van der Waals surface area contributed by atoms with Gasteiger partial charge in [-0.15, -0.1) is 0 Å². The molecule has 0 saturated carbocycles. The Kier molecular flexibility index (Phi) is 8.69. The van der Waals surface area contributed by atoms with Crippen LogP contribution in [-0.2, 0) is 4.74 Å². The van der Waals surface area contributed by atoms with E-state index in [9.17, 15) is 10.2 Å². The topological polar surface area (TPSA) is 56.2 Å². The van der Waals surface area contributed by atoms with E-state index in [-0.39, 0.29) is 6.61 Å². The molecule has 1 heterocycles. The van der Waals surface area contributed by atoms with Crippen molar-refractivity contribution in [1.29, 1.82) is 0 Å². The van der Waals surface area contributed by atoms with Crippen LogP contribution < -0.4 is 0 Å². The van der Waals surface area contributed by atoms with E-state index in [1.54, 1.807) is 0 Å². The van der Waals surface area contributed by atoms with E-state index in [2.05, 4.69) is 39.6 Å². The second-order valence-corrected chi connectivity index (χ2v) is 9.82. The first-order valence-corrected chi connectivity index (χ1v) is 10.0. The van der Waals surface area contributed by atoms with Crippen molar-refractivity contribution in [1.82, 2.24) is 9.80 Å². The molecule has 0 bridgehead atoms. The number of hydrogen-bond donors (Lipinski definition) is 2. The molecular weight excluding hydrogens is 308 g/mol. The lowest BCUT2D eigenvalue weighted by atomic mass is 9.82. The van der Waals surface area contributed by atoms with E-state index in [4.69, 9.17) is 4.74 Å². The van der Waals surface area contributed by atoms with Crippen LogP contribution in [0.4, 0.5) is 0 Å². The van der Waals surface area contributed by atoms with Crippen molar-refractivity contribution in [2.75, 3.05) is 46.4 Å². The zero-order valence-corrected chi connectivity index (χ0v) is 18.0. The van der Waals surface area contributed by atoms with Gasteiger partial charge < -0.3 is 19.8 Å². The highest BCUT2D eigenvalue weighted by Gasteiger charge is 2.32. The van der Waals surface area contributed by atoms with Crippen LogP contribution in [0.3, 0.4) is 0 Å². The van der Waals surface area contributed by atoms with Crippen LogP contribution in [0, 0.1) is 11.8 Å². The van der Waals surface area contributed by atoms with Gasteiger partial charge in [0.1, 0.15) is 12.3 Å². The lowest BCUT2D eigenvalue weighted by Gasteiger charge is -2.38. The SMILES string of the molecule is CC(C)C([SiH3])(CCOCC(O)C(O)N1CCN(C)CC1)C(C)C. The Morgan fingerprint density at radius 3 is 2.04 bits per heavy atom. The van der Waals surface area contributed by atoms with Crippen molar-refractivity contribution in [3.05, 3.63) is 0 Å². The molecule has 2 unspecified atom stereocenters. The van der Waals surface area contributed by atoms with Crippen molar-refractivity contribution in [2.45, 2.75) is 51.5 Å². The Bertz CT molecular complexity index is 326. The van der Waals surface area contributed by atoms with Crippen molar-refractivity contribution in [2.24, 2.45) is 11.8 Å². The van der Waals surface area contributed by atoms with Gasteiger partial charge in [-0.05, 0) is 30.3 Å². The molecule has 2 atom stereocenters. The standard InChI is InChI=1S/C17H38N2O3Si/c1-13(2)17(23,14(3)4)6-11-22-12-15(20)16(21)19-9-7-18(5)8-10-19/h13-16,20-21H,6-12H2,1-5,23H3. The quantitative estimate of drug-likeness (QED) is 0.460. The summed E-state index contributed by atoms with van der Waals surface area (Å²) in [5.74, 6) is 1.30. The average molecular weight is 347 g/mol. The van der Waals surface area contributed by atoms with Crippen molar-refractivity contribution < 1.29 is 14.9 Å². The summed E-state index contributed by atoms with van der Waals surface area (Å²) in [5, 5.41) is 20.8. The summed E-state index contributed by atoms with van der Waals surface area (Å²) in [4.78, 5) is 4.17. The minimum atomic E-state index is -0.833. The van der Waals surface area contributed by atoms with Crippen molar-refractivity contribution >= 4 is 10.2 Å². The summed E-state index contributed by atoms with van der Waals surface area (Å²) >= 11 is 0. The maximum absolute atomic E-state index is 10.2. The van der Waals surface area contributed by atoms with Gasteiger partial charge >= 0.3 is 0 Å². The Balaban J connectivity index is 2.31. The van der Waals surface area contributed by atoms with Gasteiger partial charge in [-0.25, -0.2) is 0 Å². The van der Waals surface area contributed by atoms with Gasteiger partial charge in [0.05, 0.1) is 6.61 Å². The molecule has 0 amide bonds. The molecule has 1 saturated heterocycles. The van der Waals surface area contributed by atoms with E-state index >= 15 is 0 Å². The van der Waals surface area contributed by atoms with Crippen LogP contribution in [-0.4, -0.2) is 89.0 Å². The van der Waals surface area contributed by atoms with E-state index in [0.29, 0.717) is 23.5 Å². The molecule has 6 heteroatoms. The molecule has 5 nitrogen and oxygen atoms in total. The summed E-state index contributed by atoms with van der Waals surface area (Å²) in [6, 6.07) is 0. The minimum absolute atomic E-state index is 0.210. The fourth-order valence-electron chi connectivity index (χ4n) is 3.16. The molecule has 23 heavy (non-hydrogen) atoms. The number of nitrogens with zero attached hydrogens (tertiary/aromatic N) is 2. The number of aliphatic hydroxyl groups is 2. The lowest BCUT2D eigenvalue weighted by Crippen LogP contribution is -2.53. The molecule has 0 radical (unpaired) electrons. The summed E-state index contributed by atoms with van der Waals surface area (Å²) in [7, 11) is 3.22. The summed E-state index contributed by atoms with van der Waals surface area (Å²) in [6.45, 7) is 13.5. The first-order valence-electron chi connectivity index (χ1n) is 9.05. The Labute approximate surface area is 145 Å². The lowest BCUT2D eigenvalue weighted by molar-refractivity contribution is -0.119. The Morgan fingerprint density at radius 1 is 1.04 bits per heavy atom. The van der Waals surface area contributed by atoms with Gasteiger partial charge in [-0.2, -0.15) is 0 Å². The Hall–Kier alpha value is 0.0169. The first-order chi connectivity index (χ1) is 10.7. The van der Waals surface area contributed by atoms with E-state index in [1.807, 2.05) is 4.90 Å². The number of piperazine rings is 1. The molecule has 2 N–H and O–H groups in total. The van der Waals surface area contributed by atoms with E-state index in [0.717, 1.165) is 42.8 Å². The second-order valence-electron chi connectivity index (χ2n) is 7.96. The fourth-order valence-corrected chi connectivity index (χ4v) is 3.36.